The third-order valence-corrected chi connectivity index (χ3v) is 5.34. The molecule has 1 atom stereocenters. The van der Waals surface area contributed by atoms with Gasteiger partial charge in [-0.1, -0.05) is 17.7 Å². The fourth-order valence-corrected chi connectivity index (χ4v) is 3.60. The van der Waals surface area contributed by atoms with E-state index in [-0.39, 0.29) is 29.2 Å². The minimum atomic E-state index is -0.564. The van der Waals surface area contributed by atoms with Gasteiger partial charge in [0.15, 0.2) is 5.82 Å². The molecule has 3 aromatic rings. The molecule has 8 nitrogen and oxygen atoms in total. The summed E-state index contributed by atoms with van der Waals surface area (Å²) in [7, 11) is 1.56. The fraction of sp³-hybridized carbons (Fsp3) is 0.286. The van der Waals surface area contributed by atoms with Gasteiger partial charge in [0.2, 0.25) is 5.91 Å². The van der Waals surface area contributed by atoms with E-state index in [2.05, 4.69) is 31.2 Å². The van der Waals surface area contributed by atoms with Gasteiger partial charge in [0.1, 0.15) is 17.9 Å². The van der Waals surface area contributed by atoms with Gasteiger partial charge in [-0.15, -0.1) is 0 Å². The Balaban J connectivity index is 1.62. The number of benzene rings is 2. The second-order valence-electron chi connectivity index (χ2n) is 7.06. The fourth-order valence-electron chi connectivity index (χ4n) is 3.43. The third kappa shape index (κ3) is 4.68. The van der Waals surface area contributed by atoms with E-state index in [0.29, 0.717) is 29.0 Å². The molecule has 0 aliphatic carbocycles. The first-order valence-electron chi connectivity index (χ1n) is 9.81. The summed E-state index contributed by atoms with van der Waals surface area (Å²) in [4.78, 5) is 21.0. The lowest BCUT2D eigenvalue weighted by atomic mass is 10.1. The Morgan fingerprint density at radius 2 is 2.19 bits per heavy atom. The molecule has 1 aromatic heterocycles. The van der Waals surface area contributed by atoms with Crippen molar-refractivity contribution >= 4 is 39.9 Å². The van der Waals surface area contributed by atoms with Gasteiger partial charge in [0.05, 0.1) is 29.4 Å². The minimum Gasteiger partial charge on any atom is -0.496 e. The zero-order chi connectivity index (χ0) is 21.8. The van der Waals surface area contributed by atoms with Gasteiger partial charge < -0.3 is 26.0 Å². The lowest BCUT2D eigenvalue weighted by molar-refractivity contribution is -0.123. The number of methoxy groups -OCH3 is 1. The molecule has 4 rings (SSSR count). The maximum absolute atomic E-state index is 14.4. The molecule has 0 saturated carbocycles. The van der Waals surface area contributed by atoms with Gasteiger partial charge in [-0.2, -0.15) is 0 Å². The van der Waals surface area contributed by atoms with E-state index in [9.17, 15) is 9.18 Å². The molecule has 1 saturated heterocycles. The number of carbonyl (C=O) groups excluding carboxylic acids is 1. The molecule has 31 heavy (non-hydrogen) atoms. The van der Waals surface area contributed by atoms with Crippen molar-refractivity contribution in [1.29, 1.82) is 0 Å². The van der Waals surface area contributed by atoms with Crippen LogP contribution < -0.4 is 26.0 Å². The molecule has 4 N–H and O–H groups in total. The molecule has 1 aliphatic rings. The Hall–Kier alpha value is -3.01. The molecule has 0 bridgehead atoms. The quantitative estimate of drug-likeness (QED) is 0.463. The van der Waals surface area contributed by atoms with Crippen molar-refractivity contribution in [3.63, 3.8) is 0 Å². The SMILES string of the molecule is COc1cc2ncnc(Nc3cccc(Cl)c3F)c2cc1CNC(=O)C1CNCCN1. The summed E-state index contributed by atoms with van der Waals surface area (Å²) in [5.74, 6) is 0.337. The molecular formula is C21H22ClFN6O2. The van der Waals surface area contributed by atoms with Gasteiger partial charge in [0, 0.05) is 43.2 Å². The van der Waals surface area contributed by atoms with Crippen LogP contribution in [0, 0.1) is 5.82 Å². The highest BCUT2D eigenvalue weighted by Gasteiger charge is 2.20. The predicted molar refractivity (Wildman–Crippen MR) is 117 cm³/mol. The first-order chi connectivity index (χ1) is 15.1. The van der Waals surface area contributed by atoms with Crippen LogP contribution in [0.3, 0.4) is 0 Å². The molecule has 2 aromatic carbocycles. The highest BCUT2D eigenvalue weighted by molar-refractivity contribution is 6.31. The summed E-state index contributed by atoms with van der Waals surface area (Å²) < 4.78 is 19.8. The maximum atomic E-state index is 14.4. The number of amides is 1. The molecule has 0 radical (unpaired) electrons. The number of ether oxygens (including phenoxy) is 1. The van der Waals surface area contributed by atoms with Crippen LogP contribution in [0.15, 0.2) is 36.7 Å². The summed E-state index contributed by atoms with van der Waals surface area (Å²) in [6.45, 7) is 2.42. The Morgan fingerprint density at radius 3 is 2.97 bits per heavy atom. The first-order valence-corrected chi connectivity index (χ1v) is 10.2. The smallest absolute Gasteiger partial charge is 0.238 e. The van der Waals surface area contributed by atoms with Gasteiger partial charge >= 0.3 is 0 Å². The summed E-state index contributed by atoms with van der Waals surface area (Å²) in [5.41, 5.74) is 1.57. The standard InChI is InChI=1S/C21H22ClFN6O2/c1-31-18-8-16-13(7-12(18)9-26-21(30)17-10-24-5-6-25-17)20(28-11-27-16)29-15-4-2-3-14(22)19(15)23/h2-4,7-8,11,17,24-25H,5-6,9-10H2,1H3,(H,26,30)(H,27,28,29). The van der Waals surface area contributed by atoms with Crippen LogP contribution in [-0.2, 0) is 11.3 Å². The summed E-state index contributed by atoms with van der Waals surface area (Å²) in [6, 6.07) is 8.00. The van der Waals surface area contributed by atoms with Gasteiger partial charge in [-0.25, -0.2) is 14.4 Å². The highest BCUT2D eigenvalue weighted by atomic mass is 35.5. The van der Waals surface area contributed by atoms with E-state index < -0.39 is 5.82 Å². The van der Waals surface area contributed by atoms with E-state index in [0.717, 1.165) is 18.7 Å². The van der Waals surface area contributed by atoms with Crippen molar-refractivity contribution < 1.29 is 13.9 Å². The third-order valence-electron chi connectivity index (χ3n) is 5.05. The van der Waals surface area contributed by atoms with E-state index in [1.165, 1.54) is 12.4 Å². The van der Waals surface area contributed by atoms with E-state index in [1.807, 2.05) is 6.07 Å². The molecule has 10 heteroatoms. The molecular weight excluding hydrogens is 423 g/mol. The Labute approximate surface area is 183 Å². The van der Waals surface area contributed by atoms with Crippen LogP contribution in [0.4, 0.5) is 15.9 Å². The second kappa shape index (κ2) is 9.42. The van der Waals surface area contributed by atoms with Crippen LogP contribution in [-0.4, -0.2) is 48.7 Å². The number of nitrogens with one attached hydrogen (secondary N) is 4. The van der Waals surface area contributed by atoms with Crippen LogP contribution in [0.1, 0.15) is 5.56 Å². The number of halogens is 2. The number of piperazine rings is 1. The minimum absolute atomic E-state index is 0.0132. The molecule has 0 spiro atoms. The van der Waals surface area contributed by atoms with Crippen LogP contribution in [0.5, 0.6) is 5.75 Å². The lowest BCUT2D eigenvalue weighted by Crippen LogP contribution is -2.55. The zero-order valence-corrected chi connectivity index (χ0v) is 17.6. The van der Waals surface area contributed by atoms with Gasteiger partial charge in [0.25, 0.3) is 0 Å². The van der Waals surface area contributed by atoms with E-state index in [1.54, 1.807) is 25.3 Å². The maximum Gasteiger partial charge on any atom is 0.238 e. The highest BCUT2D eigenvalue weighted by Crippen LogP contribution is 2.31. The number of hydrogen-bond acceptors (Lipinski definition) is 7. The lowest BCUT2D eigenvalue weighted by Gasteiger charge is -2.23. The van der Waals surface area contributed by atoms with Gasteiger partial charge in [-0.3, -0.25) is 4.79 Å². The molecule has 2 heterocycles. The van der Waals surface area contributed by atoms with Crippen LogP contribution >= 0.6 is 11.6 Å². The molecule has 1 aliphatic heterocycles. The predicted octanol–water partition coefficient (Wildman–Crippen LogP) is 2.35. The monoisotopic (exact) mass is 444 g/mol. The average molecular weight is 445 g/mol. The van der Waals surface area contributed by atoms with Crippen molar-refractivity contribution in [1.82, 2.24) is 25.9 Å². The molecule has 162 valence electrons. The number of rotatable bonds is 6. The Bertz CT molecular complexity index is 1110. The summed E-state index contributed by atoms with van der Waals surface area (Å²) in [5, 5.41) is 12.9. The number of carbonyl (C=O) groups is 1. The van der Waals surface area contributed by atoms with Crippen molar-refractivity contribution in [3.8, 4) is 5.75 Å². The summed E-state index contributed by atoms with van der Waals surface area (Å²) >= 11 is 5.88. The number of hydrogen-bond donors (Lipinski definition) is 4. The van der Waals surface area contributed by atoms with Crippen molar-refractivity contribution in [2.24, 2.45) is 0 Å². The number of aromatic nitrogens is 2. The zero-order valence-electron chi connectivity index (χ0n) is 16.8. The van der Waals surface area contributed by atoms with Crippen LogP contribution in [0.25, 0.3) is 10.9 Å². The molecule has 1 fully saturated rings. The van der Waals surface area contributed by atoms with E-state index in [4.69, 9.17) is 16.3 Å². The number of anilines is 2. The second-order valence-corrected chi connectivity index (χ2v) is 7.47. The molecule has 1 unspecified atom stereocenters. The Kier molecular flexibility index (Phi) is 6.45. The summed E-state index contributed by atoms with van der Waals surface area (Å²) in [6.07, 6.45) is 1.38. The average Bonchev–Trinajstić information content (AvgIpc) is 2.80. The largest absolute Gasteiger partial charge is 0.496 e. The Morgan fingerprint density at radius 1 is 1.32 bits per heavy atom. The molecule has 1 amide bonds. The van der Waals surface area contributed by atoms with Gasteiger partial charge in [-0.05, 0) is 18.2 Å². The number of fused-ring (bicyclic) bond motifs is 1. The number of nitrogens with zero attached hydrogens (tertiary/aromatic N) is 2. The normalized spacial score (nSPS) is 16.2. The van der Waals surface area contributed by atoms with Crippen molar-refractivity contribution in [2.45, 2.75) is 12.6 Å². The van der Waals surface area contributed by atoms with E-state index >= 15 is 0 Å². The van der Waals surface area contributed by atoms with Crippen molar-refractivity contribution in [3.05, 3.63) is 53.1 Å². The van der Waals surface area contributed by atoms with Crippen LogP contribution in [0.2, 0.25) is 5.02 Å². The first kappa shape index (κ1) is 21.2. The topological polar surface area (TPSA) is 100 Å². The van der Waals surface area contributed by atoms with Crippen molar-refractivity contribution in [2.75, 3.05) is 32.1 Å².